The van der Waals surface area contributed by atoms with Crippen LogP contribution in [0.1, 0.15) is 250 Å². The highest BCUT2D eigenvalue weighted by Gasteiger charge is 2.15. The van der Waals surface area contributed by atoms with Crippen LogP contribution in [0.3, 0.4) is 0 Å². The van der Waals surface area contributed by atoms with Crippen molar-refractivity contribution in [2.45, 2.75) is 208 Å². The predicted octanol–water partition coefficient (Wildman–Crippen LogP) is 17.4. The van der Waals surface area contributed by atoms with Gasteiger partial charge in [-0.1, -0.05) is 91.7 Å². The van der Waals surface area contributed by atoms with Crippen LogP contribution in [0.25, 0.3) is 0 Å². The van der Waals surface area contributed by atoms with Crippen molar-refractivity contribution < 1.29 is 85.7 Å². The minimum atomic E-state index is -0.519. The highest BCUT2D eigenvalue weighted by Crippen LogP contribution is 2.21. The van der Waals surface area contributed by atoms with E-state index in [1.54, 1.807) is 111 Å². The van der Waals surface area contributed by atoms with Crippen molar-refractivity contribution in [3.05, 3.63) is 144 Å². The number of esters is 8. The van der Waals surface area contributed by atoms with Crippen molar-refractivity contribution in [1.29, 1.82) is 0 Å². The largest absolute Gasteiger partial charge is 0.494 e. The van der Waals surface area contributed by atoms with Crippen molar-refractivity contribution in [1.82, 2.24) is 0 Å². The summed E-state index contributed by atoms with van der Waals surface area (Å²) in [5.41, 5.74) is 2.42. The number of unbranched alkanes of at least 4 members (excludes halogenated alkanes) is 18. The van der Waals surface area contributed by atoms with Crippen LogP contribution < -0.4 is 18.9 Å². The molecule has 518 valence electrons. The number of rotatable bonds is 47. The molecule has 18 nitrogen and oxygen atoms in total. The Morgan fingerprint density at radius 3 is 0.936 bits per heavy atom. The van der Waals surface area contributed by atoms with Gasteiger partial charge in [0.05, 0.1) is 75.1 Å². The molecule has 0 unspecified atom stereocenters. The molecule has 0 aromatic heterocycles. The number of hydrogen-bond donors (Lipinski definition) is 0. The molecular formula is C76H106O18. The van der Waals surface area contributed by atoms with Gasteiger partial charge in [0.25, 0.3) is 0 Å². The molecule has 4 aromatic carbocycles. The molecule has 0 aliphatic heterocycles. The quantitative estimate of drug-likeness (QED) is 0.0132. The molecule has 0 aliphatic rings. The molecule has 4 rings (SSSR count). The summed E-state index contributed by atoms with van der Waals surface area (Å²) < 4.78 is 52.9. The second kappa shape index (κ2) is 53.1. The molecule has 0 bridgehead atoms. The van der Waals surface area contributed by atoms with Crippen molar-refractivity contribution in [2.75, 3.05) is 52.9 Å². The Bertz CT molecular complexity index is 2790. The fourth-order valence-electron chi connectivity index (χ4n) is 8.60. The van der Waals surface area contributed by atoms with Crippen LogP contribution in [-0.4, -0.2) is 101 Å². The standard InChI is InChI=1S/C34H44O9.C32H44O7.C10H18O2/c1-4-13-31(35)40-23-10-6-8-12-25-42-33(37)27-16-20-30(21-17-27)43-34(38)28-14-18-29(19-15-28)39-22-9-5-7-11-24-41-32(36)26(2)3;1-3-5-6-7-8-9-12-15-30(33)37-24-13-10-11-14-25-38-31(34)26-18-22-29(23-19-26)39-32(35)27-16-20-28(21-17-27)36-4-2;1-4-5-6-7-8-12-10(11)9(2)3/h14-21H,2,4-13,22-25H2,1,3H3;16-23H,3-15,24-25H2,1-2H3;2,4-8H2,1,3H3. The van der Waals surface area contributed by atoms with Crippen LogP contribution in [0.15, 0.2) is 121 Å². The molecule has 0 fully saturated rings. The molecule has 0 amide bonds. The fourth-order valence-corrected chi connectivity index (χ4v) is 8.60. The summed E-state index contributed by atoms with van der Waals surface area (Å²) in [7, 11) is 0. The number of benzene rings is 4. The van der Waals surface area contributed by atoms with Crippen LogP contribution in [0, 0.1) is 0 Å². The monoisotopic (exact) mass is 1310 g/mol. The van der Waals surface area contributed by atoms with Gasteiger partial charge < -0.3 is 47.4 Å². The maximum atomic E-state index is 12.5. The molecule has 0 atom stereocenters. The van der Waals surface area contributed by atoms with Crippen molar-refractivity contribution in [3.63, 3.8) is 0 Å². The van der Waals surface area contributed by atoms with Crippen molar-refractivity contribution in [3.8, 4) is 23.0 Å². The molecular weight excluding hydrogens is 1200 g/mol. The van der Waals surface area contributed by atoms with E-state index < -0.39 is 23.9 Å². The minimum absolute atomic E-state index is 0.102. The van der Waals surface area contributed by atoms with E-state index in [0.717, 1.165) is 109 Å². The Labute approximate surface area is 559 Å². The molecule has 4 aromatic rings. The molecule has 0 radical (unpaired) electrons. The van der Waals surface area contributed by atoms with Gasteiger partial charge in [-0.2, -0.15) is 0 Å². The van der Waals surface area contributed by atoms with Crippen LogP contribution >= 0.6 is 0 Å². The van der Waals surface area contributed by atoms with E-state index in [1.165, 1.54) is 44.9 Å². The average Bonchev–Trinajstić information content (AvgIpc) is 1.62. The maximum Gasteiger partial charge on any atom is 0.343 e. The Hall–Kier alpha value is -8.28. The van der Waals surface area contributed by atoms with E-state index in [9.17, 15) is 38.4 Å². The van der Waals surface area contributed by atoms with E-state index >= 15 is 0 Å². The van der Waals surface area contributed by atoms with Gasteiger partial charge >= 0.3 is 47.8 Å². The van der Waals surface area contributed by atoms with Crippen LogP contribution in [0.4, 0.5) is 0 Å². The van der Waals surface area contributed by atoms with Crippen molar-refractivity contribution in [2.24, 2.45) is 0 Å². The van der Waals surface area contributed by atoms with Gasteiger partial charge in [0.1, 0.15) is 23.0 Å². The zero-order valence-corrected chi connectivity index (χ0v) is 57.0. The van der Waals surface area contributed by atoms with E-state index in [0.29, 0.717) is 122 Å². The summed E-state index contributed by atoms with van der Waals surface area (Å²) >= 11 is 0. The summed E-state index contributed by atoms with van der Waals surface area (Å²) in [4.78, 5) is 94.7. The van der Waals surface area contributed by atoms with Gasteiger partial charge in [-0.25, -0.2) is 28.8 Å². The number of carbonyl (C=O) groups excluding carboxylic acids is 8. The second-order valence-electron chi connectivity index (χ2n) is 22.6. The van der Waals surface area contributed by atoms with E-state index in [4.69, 9.17) is 47.4 Å². The zero-order chi connectivity index (χ0) is 68.8. The normalized spacial score (nSPS) is 10.4. The van der Waals surface area contributed by atoms with Gasteiger partial charge in [0, 0.05) is 24.0 Å². The van der Waals surface area contributed by atoms with E-state index in [2.05, 4.69) is 27.0 Å². The first-order valence-electron chi connectivity index (χ1n) is 33.9. The zero-order valence-electron chi connectivity index (χ0n) is 57.0. The number of ether oxygens (including phenoxy) is 10. The minimum Gasteiger partial charge on any atom is -0.494 e. The van der Waals surface area contributed by atoms with Gasteiger partial charge in [-0.3, -0.25) is 9.59 Å². The first-order chi connectivity index (χ1) is 45.5. The third kappa shape index (κ3) is 40.6. The SMILES string of the molecule is C=C(C)C(=O)OCCCCCC.C=C(C)C(=O)OCCCCCCOc1ccc(C(=O)Oc2ccc(C(=O)OCCCCCCOC(=O)CCC)cc2)cc1.CCCCCCCCCC(=O)OCCCCCCOC(=O)c1ccc(OC(=O)c2ccc(OCC)cc2)cc1. The summed E-state index contributed by atoms with van der Waals surface area (Å²) in [6, 6.07) is 25.9. The molecule has 0 heterocycles. The Balaban J connectivity index is 0.000000546. The molecule has 0 saturated carbocycles. The topological polar surface area (TPSA) is 229 Å². The lowest BCUT2D eigenvalue weighted by Crippen LogP contribution is -2.09. The van der Waals surface area contributed by atoms with Crippen LogP contribution in [0.5, 0.6) is 23.0 Å². The van der Waals surface area contributed by atoms with Crippen LogP contribution in [0.2, 0.25) is 0 Å². The summed E-state index contributed by atoms with van der Waals surface area (Å²) in [5.74, 6) is -0.754. The molecule has 94 heavy (non-hydrogen) atoms. The Morgan fingerprint density at radius 1 is 0.287 bits per heavy atom. The first kappa shape index (κ1) is 81.8. The highest BCUT2D eigenvalue weighted by atomic mass is 16.6. The lowest BCUT2D eigenvalue weighted by molar-refractivity contribution is -0.144. The number of hydrogen-bond acceptors (Lipinski definition) is 18. The molecule has 0 N–H and O–H groups in total. The van der Waals surface area contributed by atoms with E-state index in [1.807, 2.05) is 13.8 Å². The molecule has 0 aliphatic carbocycles. The van der Waals surface area contributed by atoms with Gasteiger partial charge in [0.15, 0.2) is 0 Å². The molecule has 18 heteroatoms. The first-order valence-corrected chi connectivity index (χ1v) is 33.9. The summed E-state index contributed by atoms with van der Waals surface area (Å²) in [5, 5.41) is 0. The summed E-state index contributed by atoms with van der Waals surface area (Å²) in [6.45, 7) is 22.1. The summed E-state index contributed by atoms with van der Waals surface area (Å²) in [6.07, 6.45) is 24.8. The smallest absolute Gasteiger partial charge is 0.343 e. The molecule has 0 spiro atoms. The van der Waals surface area contributed by atoms with Gasteiger partial charge in [0.2, 0.25) is 0 Å². The lowest BCUT2D eigenvalue weighted by Gasteiger charge is -2.09. The Morgan fingerprint density at radius 2 is 0.574 bits per heavy atom. The predicted molar refractivity (Wildman–Crippen MR) is 363 cm³/mol. The van der Waals surface area contributed by atoms with Crippen molar-refractivity contribution >= 4 is 47.8 Å². The van der Waals surface area contributed by atoms with Gasteiger partial charge in [-0.15, -0.1) is 0 Å². The van der Waals surface area contributed by atoms with Gasteiger partial charge in [-0.05, 0) is 214 Å². The third-order valence-corrected chi connectivity index (χ3v) is 14.1. The number of carbonyl (C=O) groups is 8. The fraction of sp³-hybridized carbons (Fsp3) is 0.526. The average molecular weight is 1310 g/mol. The third-order valence-electron chi connectivity index (χ3n) is 14.1. The molecule has 0 saturated heterocycles. The Kier molecular flexibility index (Phi) is 46.2. The second-order valence-corrected chi connectivity index (χ2v) is 22.6. The van der Waals surface area contributed by atoms with Crippen LogP contribution in [-0.2, 0) is 47.6 Å². The lowest BCUT2D eigenvalue weighted by atomic mass is 10.1. The maximum absolute atomic E-state index is 12.5. The highest BCUT2D eigenvalue weighted by molar-refractivity contribution is 5.93. The van der Waals surface area contributed by atoms with E-state index in [-0.39, 0.29) is 23.9 Å².